The van der Waals surface area contributed by atoms with Crippen molar-refractivity contribution >= 4 is 22.3 Å². The number of benzene rings is 1. The van der Waals surface area contributed by atoms with E-state index < -0.39 is 4.92 Å². The topological polar surface area (TPSA) is 77.3 Å². The second-order valence-corrected chi connectivity index (χ2v) is 5.38. The zero-order chi connectivity index (χ0) is 14.9. The summed E-state index contributed by atoms with van der Waals surface area (Å²) in [6, 6.07) is 6.84. The number of hydrogen-bond donors (Lipinski definition) is 1. The molecule has 1 aromatic heterocycles. The first kappa shape index (κ1) is 13.8. The van der Waals surface area contributed by atoms with E-state index in [9.17, 15) is 10.1 Å². The summed E-state index contributed by atoms with van der Waals surface area (Å²) in [6.45, 7) is 0.700. The Morgan fingerprint density at radius 2 is 2.24 bits per heavy atom. The van der Waals surface area contributed by atoms with Gasteiger partial charge in [0.2, 0.25) is 0 Å². The molecule has 21 heavy (non-hydrogen) atoms. The van der Waals surface area contributed by atoms with Gasteiger partial charge in [-0.1, -0.05) is 12.1 Å². The summed E-state index contributed by atoms with van der Waals surface area (Å²) in [5.74, 6) is 0. The highest BCUT2D eigenvalue weighted by molar-refractivity contribution is 5.96. The average molecular weight is 287 g/mol. The van der Waals surface area contributed by atoms with Gasteiger partial charge in [0, 0.05) is 37.0 Å². The highest BCUT2D eigenvalue weighted by atomic mass is 16.6. The lowest BCUT2D eigenvalue weighted by Gasteiger charge is -2.40. The summed E-state index contributed by atoms with van der Waals surface area (Å²) >= 11 is 0. The Morgan fingerprint density at radius 3 is 2.86 bits per heavy atom. The zero-order valence-electron chi connectivity index (χ0n) is 11.8. The number of fused-ring (bicyclic) bond motifs is 1. The Bertz CT molecular complexity index is 677. The van der Waals surface area contributed by atoms with Crippen LogP contribution in [0.15, 0.2) is 30.5 Å². The second kappa shape index (κ2) is 5.29. The van der Waals surface area contributed by atoms with Gasteiger partial charge in [0.15, 0.2) is 0 Å². The predicted octanol–water partition coefficient (Wildman–Crippen LogP) is 3.12. The van der Waals surface area contributed by atoms with Crippen molar-refractivity contribution in [3.05, 3.63) is 40.6 Å². The first-order valence-corrected chi connectivity index (χ1v) is 6.96. The molecule has 110 valence electrons. The van der Waals surface area contributed by atoms with Crippen LogP contribution in [-0.2, 0) is 4.74 Å². The van der Waals surface area contributed by atoms with Crippen LogP contribution in [0.3, 0.4) is 0 Å². The van der Waals surface area contributed by atoms with E-state index in [-0.39, 0.29) is 11.3 Å². The molecule has 2 aromatic rings. The number of rotatable bonds is 5. The molecular weight excluding hydrogens is 270 g/mol. The van der Waals surface area contributed by atoms with E-state index in [1.54, 1.807) is 19.4 Å². The molecule has 0 saturated heterocycles. The number of nitro benzene ring substituents is 1. The molecule has 0 unspecified atom stereocenters. The molecule has 1 heterocycles. The summed E-state index contributed by atoms with van der Waals surface area (Å²) in [5.41, 5.74) is 1.19. The third-order valence-corrected chi connectivity index (χ3v) is 4.25. The molecule has 3 rings (SSSR count). The zero-order valence-corrected chi connectivity index (χ0v) is 11.8. The second-order valence-electron chi connectivity index (χ2n) is 5.38. The minimum Gasteiger partial charge on any atom is -0.382 e. The molecule has 1 aromatic carbocycles. The van der Waals surface area contributed by atoms with Gasteiger partial charge in [-0.05, 0) is 25.3 Å². The fourth-order valence-corrected chi connectivity index (χ4v) is 2.74. The van der Waals surface area contributed by atoms with E-state index in [2.05, 4.69) is 10.3 Å². The number of methoxy groups -OCH3 is 1. The summed E-state index contributed by atoms with van der Waals surface area (Å²) in [6.07, 6.45) is 4.86. The Hall–Kier alpha value is -2.21. The quantitative estimate of drug-likeness (QED) is 0.675. The van der Waals surface area contributed by atoms with E-state index in [0.717, 1.165) is 23.9 Å². The fraction of sp³-hybridized carbons (Fsp3) is 0.400. The molecule has 0 atom stereocenters. The van der Waals surface area contributed by atoms with Gasteiger partial charge in [0.25, 0.3) is 5.69 Å². The number of anilines is 1. The summed E-state index contributed by atoms with van der Waals surface area (Å²) < 4.78 is 5.58. The van der Waals surface area contributed by atoms with Gasteiger partial charge in [-0.15, -0.1) is 0 Å². The smallest absolute Gasteiger partial charge is 0.295 e. The molecule has 0 amide bonds. The summed E-state index contributed by atoms with van der Waals surface area (Å²) in [4.78, 5) is 14.8. The molecule has 1 aliphatic rings. The molecule has 1 fully saturated rings. The van der Waals surface area contributed by atoms with Crippen LogP contribution < -0.4 is 5.32 Å². The van der Waals surface area contributed by atoms with E-state index in [4.69, 9.17) is 4.74 Å². The van der Waals surface area contributed by atoms with Crippen molar-refractivity contribution in [1.82, 2.24) is 4.98 Å². The number of pyridine rings is 1. The molecule has 6 nitrogen and oxygen atoms in total. The number of nitro groups is 1. The largest absolute Gasteiger partial charge is 0.382 e. The fourth-order valence-electron chi connectivity index (χ4n) is 2.74. The molecule has 0 bridgehead atoms. The Kier molecular flexibility index (Phi) is 3.47. The Morgan fingerprint density at radius 1 is 1.43 bits per heavy atom. The maximum atomic E-state index is 11.1. The highest BCUT2D eigenvalue weighted by Crippen LogP contribution is 2.36. The van der Waals surface area contributed by atoms with Gasteiger partial charge in [-0.2, -0.15) is 0 Å². The van der Waals surface area contributed by atoms with Crippen LogP contribution in [0.25, 0.3) is 10.9 Å². The van der Waals surface area contributed by atoms with Crippen LogP contribution in [0.4, 0.5) is 11.4 Å². The van der Waals surface area contributed by atoms with Gasteiger partial charge >= 0.3 is 0 Å². The lowest BCUT2D eigenvalue weighted by atomic mass is 9.80. The average Bonchev–Trinajstić information content (AvgIpc) is 2.46. The van der Waals surface area contributed by atoms with Gasteiger partial charge in [-0.25, -0.2) is 4.98 Å². The molecule has 0 radical (unpaired) electrons. The molecular formula is C15H17N3O3. The molecule has 0 spiro atoms. The number of nitrogens with zero attached hydrogens (tertiary/aromatic N) is 2. The van der Waals surface area contributed by atoms with Crippen LogP contribution in [0, 0.1) is 10.1 Å². The standard InChI is InChI=1S/C15H17N3O3/c1-21-15(7-3-8-15)10-17-12-6-9-16-14-11(12)4-2-5-13(14)18(19)20/h2,4-6,9H,3,7-8,10H2,1H3,(H,16,17). The third-order valence-electron chi connectivity index (χ3n) is 4.25. The van der Waals surface area contributed by atoms with Crippen molar-refractivity contribution in [3.63, 3.8) is 0 Å². The third kappa shape index (κ3) is 2.42. The lowest BCUT2D eigenvalue weighted by molar-refractivity contribution is -0.383. The van der Waals surface area contributed by atoms with Gasteiger partial charge in [-0.3, -0.25) is 10.1 Å². The van der Waals surface area contributed by atoms with Gasteiger partial charge in [0.1, 0.15) is 5.52 Å². The molecule has 1 N–H and O–H groups in total. The minimum absolute atomic E-state index is 0.0289. The lowest BCUT2D eigenvalue weighted by Crippen LogP contribution is -2.45. The molecule has 6 heteroatoms. The van der Waals surface area contributed by atoms with E-state index in [1.165, 1.54) is 12.5 Å². The predicted molar refractivity (Wildman–Crippen MR) is 80.5 cm³/mol. The molecule has 1 saturated carbocycles. The number of para-hydroxylation sites is 1. The van der Waals surface area contributed by atoms with Crippen molar-refractivity contribution in [2.45, 2.75) is 24.9 Å². The maximum absolute atomic E-state index is 11.1. The highest BCUT2D eigenvalue weighted by Gasteiger charge is 2.36. The van der Waals surface area contributed by atoms with Gasteiger partial charge < -0.3 is 10.1 Å². The van der Waals surface area contributed by atoms with E-state index >= 15 is 0 Å². The summed E-state index contributed by atoms with van der Waals surface area (Å²) in [5, 5.41) is 15.2. The summed E-state index contributed by atoms with van der Waals surface area (Å²) in [7, 11) is 1.73. The van der Waals surface area contributed by atoms with E-state index in [1.807, 2.05) is 12.1 Å². The van der Waals surface area contributed by atoms with Crippen molar-refractivity contribution in [3.8, 4) is 0 Å². The van der Waals surface area contributed by atoms with Crippen molar-refractivity contribution in [1.29, 1.82) is 0 Å². The molecule has 0 aliphatic heterocycles. The van der Waals surface area contributed by atoms with Crippen LogP contribution >= 0.6 is 0 Å². The van der Waals surface area contributed by atoms with Crippen molar-refractivity contribution in [2.24, 2.45) is 0 Å². The number of non-ortho nitro benzene ring substituents is 1. The number of aromatic nitrogens is 1. The normalized spacial score (nSPS) is 16.4. The SMILES string of the molecule is COC1(CNc2ccnc3c([N+](=O)[O-])cccc23)CCC1. The van der Waals surface area contributed by atoms with Crippen LogP contribution in [0.5, 0.6) is 0 Å². The Labute approximate surface area is 122 Å². The monoisotopic (exact) mass is 287 g/mol. The van der Waals surface area contributed by atoms with Crippen LogP contribution in [0.1, 0.15) is 19.3 Å². The van der Waals surface area contributed by atoms with Crippen LogP contribution in [-0.4, -0.2) is 29.2 Å². The first-order chi connectivity index (χ1) is 10.2. The van der Waals surface area contributed by atoms with Crippen molar-refractivity contribution < 1.29 is 9.66 Å². The number of hydrogen-bond acceptors (Lipinski definition) is 5. The van der Waals surface area contributed by atoms with Crippen molar-refractivity contribution in [2.75, 3.05) is 19.0 Å². The first-order valence-electron chi connectivity index (χ1n) is 6.96. The van der Waals surface area contributed by atoms with E-state index in [0.29, 0.717) is 12.1 Å². The van der Waals surface area contributed by atoms with Crippen LogP contribution in [0.2, 0.25) is 0 Å². The minimum atomic E-state index is -0.401. The maximum Gasteiger partial charge on any atom is 0.295 e. The number of ether oxygens (including phenoxy) is 1. The molecule has 1 aliphatic carbocycles. The number of nitrogens with one attached hydrogen (secondary N) is 1. The Balaban J connectivity index is 1.92. The van der Waals surface area contributed by atoms with Gasteiger partial charge in [0.05, 0.1) is 10.5 Å².